The van der Waals surface area contributed by atoms with Gasteiger partial charge >= 0.3 is 0 Å². The molecule has 1 rings (SSSR count). The molecule has 102 valence electrons. The van der Waals surface area contributed by atoms with E-state index in [1.54, 1.807) is 11.9 Å². The van der Waals surface area contributed by atoms with Crippen molar-refractivity contribution >= 4 is 11.7 Å². The molecule has 6 nitrogen and oxygen atoms in total. The van der Waals surface area contributed by atoms with Gasteiger partial charge in [0.15, 0.2) is 0 Å². The van der Waals surface area contributed by atoms with Gasteiger partial charge in [0.2, 0.25) is 0 Å². The topological polar surface area (TPSA) is 67.4 Å². The first-order valence-electron chi connectivity index (χ1n) is 6.18. The van der Waals surface area contributed by atoms with Gasteiger partial charge < -0.3 is 15.5 Å². The third-order valence-electron chi connectivity index (χ3n) is 2.92. The fourth-order valence-corrected chi connectivity index (χ4v) is 1.76. The molecule has 0 unspecified atom stereocenters. The van der Waals surface area contributed by atoms with Gasteiger partial charge in [-0.2, -0.15) is 5.10 Å². The Hall–Kier alpha value is -1.56. The van der Waals surface area contributed by atoms with Crippen LogP contribution in [-0.2, 0) is 7.05 Å². The molecule has 1 aromatic rings. The molecule has 0 fully saturated rings. The molecule has 0 atom stereocenters. The summed E-state index contributed by atoms with van der Waals surface area (Å²) in [6.07, 6.45) is 2.49. The Morgan fingerprint density at radius 3 is 2.56 bits per heavy atom. The van der Waals surface area contributed by atoms with E-state index in [0.29, 0.717) is 17.9 Å². The molecule has 1 heterocycles. The number of aryl methyl sites for hydroxylation is 1. The Labute approximate surface area is 108 Å². The van der Waals surface area contributed by atoms with Crippen molar-refractivity contribution in [2.45, 2.75) is 13.3 Å². The summed E-state index contributed by atoms with van der Waals surface area (Å²) in [5, 5.41) is 4.00. The maximum atomic E-state index is 12.3. The van der Waals surface area contributed by atoms with Gasteiger partial charge in [0, 0.05) is 20.1 Å². The molecule has 6 heteroatoms. The molecule has 0 saturated carbocycles. The standard InChI is InChI=1S/C12H23N5O/c1-5-17(8-6-7-15(2)3)12(18)10-9-14-16(4)11(10)13/h9H,5-8,13H2,1-4H3. The Balaban J connectivity index is 2.65. The lowest BCUT2D eigenvalue weighted by molar-refractivity contribution is 0.0760. The van der Waals surface area contributed by atoms with E-state index in [1.807, 2.05) is 21.0 Å². The summed E-state index contributed by atoms with van der Waals surface area (Å²) in [6.45, 7) is 4.36. The number of aromatic nitrogens is 2. The van der Waals surface area contributed by atoms with E-state index in [1.165, 1.54) is 10.9 Å². The maximum Gasteiger partial charge on any atom is 0.259 e. The first kappa shape index (κ1) is 14.5. The molecular weight excluding hydrogens is 230 g/mol. The van der Waals surface area contributed by atoms with Gasteiger partial charge in [0.05, 0.1) is 6.20 Å². The van der Waals surface area contributed by atoms with Crippen molar-refractivity contribution < 1.29 is 4.79 Å². The summed E-state index contributed by atoms with van der Waals surface area (Å²) in [7, 11) is 5.78. The number of nitrogen functional groups attached to an aromatic ring is 1. The summed E-state index contributed by atoms with van der Waals surface area (Å²) < 4.78 is 1.51. The lowest BCUT2D eigenvalue weighted by Gasteiger charge is -2.21. The van der Waals surface area contributed by atoms with Crippen LogP contribution < -0.4 is 5.73 Å². The van der Waals surface area contributed by atoms with Crippen LogP contribution in [0.3, 0.4) is 0 Å². The fourth-order valence-electron chi connectivity index (χ4n) is 1.76. The van der Waals surface area contributed by atoms with E-state index in [-0.39, 0.29) is 5.91 Å². The third-order valence-corrected chi connectivity index (χ3v) is 2.92. The fraction of sp³-hybridized carbons (Fsp3) is 0.667. The van der Waals surface area contributed by atoms with E-state index in [0.717, 1.165) is 19.5 Å². The highest BCUT2D eigenvalue weighted by molar-refractivity contribution is 5.98. The van der Waals surface area contributed by atoms with Crippen LogP contribution in [-0.4, -0.2) is 59.2 Å². The van der Waals surface area contributed by atoms with Gasteiger partial charge in [0.25, 0.3) is 5.91 Å². The van der Waals surface area contributed by atoms with Gasteiger partial charge in [0.1, 0.15) is 11.4 Å². The predicted molar refractivity (Wildman–Crippen MR) is 72.4 cm³/mol. The van der Waals surface area contributed by atoms with E-state index >= 15 is 0 Å². The van der Waals surface area contributed by atoms with Crippen molar-refractivity contribution in [3.8, 4) is 0 Å². The number of hydrogen-bond acceptors (Lipinski definition) is 4. The molecule has 0 radical (unpaired) electrons. The molecule has 0 aliphatic carbocycles. The molecule has 0 aromatic carbocycles. The zero-order valence-corrected chi connectivity index (χ0v) is 11.7. The Kier molecular flexibility index (Phi) is 5.15. The zero-order chi connectivity index (χ0) is 13.7. The average Bonchev–Trinajstić information content (AvgIpc) is 2.65. The van der Waals surface area contributed by atoms with Crippen LogP contribution in [0.1, 0.15) is 23.7 Å². The first-order valence-corrected chi connectivity index (χ1v) is 6.18. The number of rotatable bonds is 6. The zero-order valence-electron chi connectivity index (χ0n) is 11.7. The summed E-state index contributed by atoms with van der Waals surface area (Å²) in [6, 6.07) is 0. The minimum absolute atomic E-state index is 0.0399. The second-order valence-corrected chi connectivity index (χ2v) is 4.61. The van der Waals surface area contributed by atoms with E-state index < -0.39 is 0 Å². The summed E-state index contributed by atoms with van der Waals surface area (Å²) in [5.41, 5.74) is 6.31. The molecule has 0 aliphatic rings. The molecule has 0 spiro atoms. The molecule has 0 aliphatic heterocycles. The second kappa shape index (κ2) is 6.39. The molecule has 2 N–H and O–H groups in total. The number of nitrogens with two attached hydrogens (primary N) is 1. The lowest BCUT2D eigenvalue weighted by atomic mass is 10.2. The van der Waals surface area contributed by atoms with Crippen molar-refractivity contribution in [3.05, 3.63) is 11.8 Å². The lowest BCUT2D eigenvalue weighted by Crippen LogP contribution is -2.33. The van der Waals surface area contributed by atoms with E-state index in [2.05, 4.69) is 10.00 Å². The summed E-state index contributed by atoms with van der Waals surface area (Å²) in [5.74, 6) is 0.382. The quantitative estimate of drug-likeness (QED) is 0.797. The van der Waals surface area contributed by atoms with Gasteiger partial charge in [-0.3, -0.25) is 9.48 Å². The van der Waals surface area contributed by atoms with Crippen LogP contribution in [0.25, 0.3) is 0 Å². The highest BCUT2D eigenvalue weighted by Crippen LogP contribution is 2.12. The van der Waals surface area contributed by atoms with Gasteiger partial charge in [-0.15, -0.1) is 0 Å². The van der Waals surface area contributed by atoms with E-state index in [9.17, 15) is 4.79 Å². The van der Waals surface area contributed by atoms with Crippen LogP contribution in [0.5, 0.6) is 0 Å². The minimum atomic E-state index is -0.0399. The van der Waals surface area contributed by atoms with Crippen LogP contribution >= 0.6 is 0 Å². The van der Waals surface area contributed by atoms with Crippen molar-refractivity contribution in [1.29, 1.82) is 0 Å². The van der Waals surface area contributed by atoms with Gasteiger partial charge in [-0.1, -0.05) is 0 Å². The number of amides is 1. The average molecular weight is 253 g/mol. The van der Waals surface area contributed by atoms with Crippen molar-refractivity contribution in [3.63, 3.8) is 0 Å². The van der Waals surface area contributed by atoms with Crippen LogP contribution in [0.4, 0.5) is 5.82 Å². The molecular formula is C12H23N5O. The third kappa shape index (κ3) is 3.46. The Morgan fingerprint density at radius 2 is 2.11 bits per heavy atom. The molecule has 0 saturated heterocycles. The molecule has 1 amide bonds. The number of anilines is 1. The monoisotopic (exact) mass is 253 g/mol. The number of nitrogens with zero attached hydrogens (tertiary/aromatic N) is 4. The molecule has 0 bridgehead atoms. The number of carbonyl (C=O) groups excluding carboxylic acids is 1. The minimum Gasteiger partial charge on any atom is -0.383 e. The highest BCUT2D eigenvalue weighted by Gasteiger charge is 2.19. The van der Waals surface area contributed by atoms with Crippen molar-refractivity contribution in [2.75, 3.05) is 39.5 Å². The summed E-state index contributed by atoms with van der Waals surface area (Å²) >= 11 is 0. The highest BCUT2D eigenvalue weighted by atomic mass is 16.2. The predicted octanol–water partition coefficient (Wildman–Crippen LogP) is 0.416. The normalized spacial score (nSPS) is 10.9. The summed E-state index contributed by atoms with van der Waals surface area (Å²) in [4.78, 5) is 16.2. The van der Waals surface area contributed by atoms with Crippen LogP contribution in [0.2, 0.25) is 0 Å². The maximum absolute atomic E-state index is 12.3. The van der Waals surface area contributed by atoms with Crippen molar-refractivity contribution in [2.24, 2.45) is 7.05 Å². The van der Waals surface area contributed by atoms with Gasteiger partial charge in [-0.25, -0.2) is 0 Å². The first-order chi connectivity index (χ1) is 8.47. The number of hydrogen-bond donors (Lipinski definition) is 1. The largest absolute Gasteiger partial charge is 0.383 e. The number of carbonyl (C=O) groups is 1. The smallest absolute Gasteiger partial charge is 0.259 e. The molecule has 18 heavy (non-hydrogen) atoms. The van der Waals surface area contributed by atoms with Crippen LogP contribution in [0, 0.1) is 0 Å². The molecule has 1 aromatic heterocycles. The van der Waals surface area contributed by atoms with Gasteiger partial charge in [-0.05, 0) is 34.0 Å². The van der Waals surface area contributed by atoms with E-state index in [4.69, 9.17) is 5.73 Å². The Bertz CT molecular complexity index is 399. The van der Waals surface area contributed by atoms with Crippen molar-refractivity contribution in [1.82, 2.24) is 19.6 Å². The Morgan fingerprint density at radius 1 is 1.44 bits per heavy atom. The second-order valence-electron chi connectivity index (χ2n) is 4.61. The van der Waals surface area contributed by atoms with Crippen LogP contribution in [0.15, 0.2) is 6.20 Å². The SMILES string of the molecule is CCN(CCCN(C)C)C(=O)c1cnn(C)c1N.